The molecule has 0 unspecified atom stereocenters. The summed E-state index contributed by atoms with van der Waals surface area (Å²) < 4.78 is 0. The van der Waals surface area contributed by atoms with Crippen LogP contribution in [-0.2, 0) is 5.41 Å². The molecule has 0 amide bonds. The fourth-order valence-corrected chi connectivity index (χ4v) is 5.38. The van der Waals surface area contributed by atoms with Crippen LogP contribution in [0.1, 0.15) is 37.7 Å². The standard InChI is InChI=1S/C17H19N/c18-11-16-13-6-12-7-14(16)10-17(8-12,9-13)15-4-2-1-3-5-15/h1-5,12-14,16H,6-10H2/t12?,13-,14-,16?,17?/m0/s1. The van der Waals surface area contributed by atoms with Gasteiger partial charge >= 0.3 is 0 Å². The van der Waals surface area contributed by atoms with Crippen LogP contribution in [0.3, 0.4) is 0 Å². The van der Waals surface area contributed by atoms with Crippen molar-refractivity contribution in [2.45, 2.75) is 37.5 Å². The molecule has 1 nitrogen and oxygen atoms in total. The summed E-state index contributed by atoms with van der Waals surface area (Å²) in [6.07, 6.45) is 6.55. The molecule has 0 aromatic heterocycles. The van der Waals surface area contributed by atoms with E-state index >= 15 is 0 Å². The molecule has 4 aliphatic carbocycles. The van der Waals surface area contributed by atoms with E-state index < -0.39 is 0 Å². The maximum absolute atomic E-state index is 9.40. The summed E-state index contributed by atoms with van der Waals surface area (Å²) in [6, 6.07) is 13.7. The second-order valence-electron chi connectivity index (χ2n) is 6.77. The Hall–Kier alpha value is -1.29. The van der Waals surface area contributed by atoms with Crippen LogP contribution in [0.2, 0.25) is 0 Å². The van der Waals surface area contributed by atoms with E-state index in [9.17, 15) is 5.26 Å². The smallest absolute Gasteiger partial charge is 0.0661 e. The third-order valence-electron chi connectivity index (χ3n) is 5.81. The van der Waals surface area contributed by atoms with Gasteiger partial charge in [-0.3, -0.25) is 0 Å². The monoisotopic (exact) mass is 237 g/mol. The van der Waals surface area contributed by atoms with Crippen LogP contribution in [0.4, 0.5) is 0 Å². The van der Waals surface area contributed by atoms with Crippen LogP contribution < -0.4 is 0 Å². The number of rotatable bonds is 1. The fourth-order valence-electron chi connectivity index (χ4n) is 5.38. The van der Waals surface area contributed by atoms with Crippen LogP contribution >= 0.6 is 0 Å². The first-order valence-electron chi connectivity index (χ1n) is 7.26. The van der Waals surface area contributed by atoms with Crippen molar-refractivity contribution >= 4 is 0 Å². The van der Waals surface area contributed by atoms with Crippen molar-refractivity contribution in [1.82, 2.24) is 0 Å². The Morgan fingerprint density at radius 3 is 2.28 bits per heavy atom. The minimum Gasteiger partial charge on any atom is -0.198 e. The molecule has 92 valence electrons. The van der Waals surface area contributed by atoms with E-state index in [4.69, 9.17) is 0 Å². The average Bonchev–Trinajstić information content (AvgIpc) is 2.39. The van der Waals surface area contributed by atoms with E-state index in [0.717, 1.165) is 5.92 Å². The highest BCUT2D eigenvalue weighted by Gasteiger charge is 2.55. The second kappa shape index (κ2) is 3.60. The maximum Gasteiger partial charge on any atom is 0.0661 e. The number of benzene rings is 1. The van der Waals surface area contributed by atoms with Gasteiger partial charge in [-0.2, -0.15) is 5.26 Å². The summed E-state index contributed by atoms with van der Waals surface area (Å²) >= 11 is 0. The van der Waals surface area contributed by atoms with Gasteiger partial charge in [0.05, 0.1) is 12.0 Å². The molecule has 1 aromatic rings. The summed E-state index contributed by atoms with van der Waals surface area (Å²) in [5.74, 6) is 2.62. The highest BCUT2D eigenvalue weighted by atomic mass is 14.6. The van der Waals surface area contributed by atoms with Gasteiger partial charge in [-0.05, 0) is 60.8 Å². The molecule has 4 saturated carbocycles. The molecular formula is C17H19N. The molecule has 0 radical (unpaired) electrons. The molecule has 4 bridgehead atoms. The minimum atomic E-state index is 0.360. The van der Waals surface area contributed by atoms with Crippen LogP contribution in [0.25, 0.3) is 0 Å². The van der Waals surface area contributed by atoms with Crippen molar-refractivity contribution in [2.24, 2.45) is 23.7 Å². The number of nitrogens with zero attached hydrogens (tertiary/aromatic N) is 1. The molecule has 1 aromatic carbocycles. The van der Waals surface area contributed by atoms with Gasteiger partial charge < -0.3 is 0 Å². The SMILES string of the molecule is N#CC1[C@H]2CC3C[C@H]1CC(c1ccccc1)(C3)C2. The lowest BCUT2D eigenvalue weighted by Gasteiger charge is -2.59. The van der Waals surface area contributed by atoms with Crippen molar-refractivity contribution in [3.8, 4) is 6.07 Å². The third-order valence-corrected chi connectivity index (χ3v) is 5.81. The number of nitriles is 1. The topological polar surface area (TPSA) is 23.8 Å². The molecule has 4 fully saturated rings. The zero-order valence-electron chi connectivity index (χ0n) is 10.7. The molecule has 2 atom stereocenters. The second-order valence-corrected chi connectivity index (χ2v) is 6.77. The summed E-state index contributed by atoms with van der Waals surface area (Å²) in [6.45, 7) is 0. The van der Waals surface area contributed by atoms with E-state index in [1.807, 2.05) is 0 Å². The van der Waals surface area contributed by atoms with Crippen LogP contribution in [-0.4, -0.2) is 0 Å². The maximum atomic E-state index is 9.40. The molecule has 0 spiro atoms. The molecule has 18 heavy (non-hydrogen) atoms. The van der Waals surface area contributed by atoms with Crippen molar-refractivity contribution in [3.05, 3.63) is 35.9 Å². The largest absolute Gasteiger partial charge is 0.198 e. The van der Waals surface area contributed by atoms with Gasteiger partial charge in [-0.15, -0.1) is 0 Å². The molecule has 0 aliphatic heterocycles. The summed E-state index contributed by atoms with van der Waals surface area (Å²) in [5.41, 5.74) is 1.96. The van der Waals surface area contributed by atoms with E-state index in [2.05, 4.69) is 36.4 Å². The zero-order valence-corrected chi connectivity index (χ0v) is 10.7. The normalized spacial score (nSPS) is 44.8. The first-order chi connectivity index (χ1) is 8.81. The number of hydrogen-bond donors (Lipinski definition) is 0. The highest BCUT2D eigenvalue weighted by molar-refractivity contribution is 5.30. The first kappa shape index (κ1) is 10.6. The Balaban J connectivity index is 1.75. The average molecular weight is 237 g/mol. The van der Waals surface area contributed by atoms with Crippen molar-refractivity contribution < 1.29 is 0 Å². The van der Waals surface area contributed by atoms with Gasteiger partial charge in [-0.1, -0.05) is 30.3 Å². The Labute approximate surface area is 109 Å². The van der Waals surface area contributed by atoms with Crippen molar-refractivity contribution in [3.63, 3.8) is 0 Å². The molecule has 5 rings (SSSR count). The summed E-state index contributed by atoms with van der Waals surface area (Å²) in [4.78, 5) is 0. The summed E-state index contributed by atoms with van der Waals surface area (Å²) in [7, 11) is 0. The van der Waals surface area contributed by atoms with Crippen molar-refractivity contribution in [1.29, 1.82) is 5.26 Å². The Kier molecular flexibility index (Phi) is 2.13. The highest BCUT2D eigenvalue weighted by Crippen LogP contribution is 2.62. The molecule has 4 aliphatic rings. The fraction of sp³-hybridized carbons (Fsp3) is 0.588. The first-order valence-corrected chi connectivity index (χ1v) is 7.26. The third kappa shape index (κ3) is 1.32. The Morgan fingerprint density at radius 2 is 1.67 bits per heavy atom. The van der Waals surface area contributed by atoms with Crippen LogP contribution in [0, 0.1) is 35.0 Å². The van der Waals surface area contributed by atoms with Crippen molar-refractivity contribution in [2.75, 3.05) is 0 Å². The number of hydrogen-bond acceptors (Lipinski definition) is 1. The van der Waals surface area contributed by atoms with Crippen LogP contribution in [0.5, 0.6) is 0 Å². The predicted molar refractivity (Wildman–Crippen MR) is 70.8 cm³/mol. The van der Waals surface area contributed by atoms with Gasteiger partial charge in [0.1, 0.15) is 0 Å². The van der Waals surface area contributed by atoms with Gasteiger partial charge in [0.15, 0.2) is 0 Å². The summed E-state index contributed by atoms with van der Waals surface area (Å²) in [5, 5.41) is 9.40. The van der Waals surface area contributed by atoms with Gasteiger partial charge in [-0.25, -0.2) is 0 Å². The van der Waals surface area contributed by atoms with E-state index in [-0.39, 0.29) is 0 Å². The lowest BCUT2D eigenvalue weighted by Crippen LogP contribution is -2.52. The molecule has 0 saturated heterocycles. The predicted octanol–water partition coefficient (Wildman–Crippen LogP) is 3.90. The van der Waals surface area contributed by atoms with Gasteiger partial charge in [0.2, 0.25) is 0 Å². The minimum absolute atomic E-state index is 0.360. The molecule has 1 heteroatoms. The van der Waals surface area contributed by atoms with Crippen LogP contribution in [0.15, 0.2) is 30.3 Å². The molecule has 0 N–H and O–H groups in total. The van der Waals surface area contributed by atoms with E-state index in [0.29, 0.717) is 23.2 Å². The zero-order chi connectivity index (χ0) is 12.2. The quantitative estimate of drug-likeness (QED) is 0.726. The molecule has 0 heterocycles. The van der Waals surface area contributed by atoms with E-state index in [1.165, 1.54) is 32.1 Å². The molecular weight excluding hydrogens is 218 g/mol. The van der Waals surface area contributed by atoms with Gasteiger partial charge in [0, 0.05) is 0 Å². The Morgan fingerprint density at radius 1 is 1.00 bits per heavy atom. The lowest BCUT2D eigenvalue weighted by atomic mass is 9.45. The lowest BCUT2D eigenvalue weighted by molar-refractivity contribution is -0.0351. The Bertz CT molecular complexity index is 482. The van der Waals surface area contributed by atoms with E-state index in [1.54, 1.807) is 5.56 Å². The van der Waals surface area contributed by atoms with Gasteiger partial charge in [0.25, 0.3) is 0 Å².